The van der Waals surface area contributed by atoms with Gasteiger partial charge in [-0.25, -0.2) is 0 Å². The van der Waals surface area contributed by atoms with Gasteiger partial charge in [-0.15, -0.1) is 0 Å². The Labute approximate surface area is 198 Å². The Morgan fingerprint density at radius 2 is 1.59 bits per heavy atom. The van der Waals surface area contributed by atoms with Crippen molar-refractivity contribution in [2.45, 2.75) is 26.7 Å². The Morgan fingerprint density at radius 3 is 2.22 bits per heavy atom. The third kappa shape index (κ3) is 5.48. The number of anilines is 1. The number of carbonyl (C=O) groups excluding carboxylic acids is 1. The second-order valence-electron chi connectivity index (χ2n) is 7.89. The van der Waals surface area contributed by atoms with Crippen LogP contribution in [0.5, 0.6) is 0 Å². The van der Waals surface area contributed by atoms with Gasteiger partial charge < -0.3 is 5.32 Å². The number of rotatable bonds is 6. The van der Waals surface area contributed by atoms with E-state index in [2.05, 4.69) is 31.3 Å². The molecule has 32 heavy (non-hydrogen) atoms. The number of nitrogens with one attached hydrogen (secondary N) is 1. The van der Waals surface area contributed by atoms with Crippen molar-refractivity contribution < 1.29 is 4.79 Å². The van der Waals surface area contributed by atoms with Gasteiger partial charge in [0.05, 0.1) is 39.7 Å². The normalized spacial score (nSPS) is 10.5. The largest absolute Gasteiger partial charge is 0.326 e. The highest BCUT2D eigenvalue weighted by Gasteiger charge is 2.15. The molecule has 4 nitrogen and oxygen atoms in total. The summed E-state index contributed by atoms with van der Waals surface area (Å²) in [5.41, 5.74) is 4.49. The highest BCUT2D eigenvalue weighted by Crippen LogP contribution is 2.38. The van der Waals surface area contributed by atoms with Crippen molar-refractivity contribution in [1.29, 1.82) is 10.5 Å². The van der Waals surface area contributed by atoms with E-state index in [0.717, 1.165) is 17.5 Å². The molecule has 3 aromatic rings. The topological polar surface area (TPSA) is 76.7 Å². The fourth-order valence-corrected chi connectivity index (χ4v) is 4.24. The number of halogens is 2. The molecule has 1 N–H and O–H groups in total. The third-order valence-corrected chi connectivity index (χ3v) is 5.56. The third-order valence-electron chi connectivity index (χ3n) is 4.96. The number of amides is 1. The van der Waals surface area contributed by atoms with Gasteiger partial charge in [0.2, 0.25) is 5.91 Å². The smallest absolute Gasteiger partial charge is 0.228 e. The molecule has 0 bridgehead atoms. The Balaban J connectivity index is 1.85. The average molecular weight is 462 g/mol. The van der Waals surface area contributed by atoms with Crippen LogP contribution in [0.2, 0.25) is 10.0 Å². The van der Waals surface area contributed by atoms with E-state index in [-0.39, 0.29) is 12.3 Å². The Kier molecular flexibility index (Phi) is 7.54. The van der Waals surface area contributed by atoms with Crippen molar-refractivity contribution >= 4 is 34.8 Å². The second-order valence-corrected chi connectivity index (χ2v) is 8.70. The molecule has 0 fully saturated rings. The van der Waals surface area contributed by atoms with Crippen LogP contribution in [0.25, 0.3) is 11.1 Å². The van der Waals surface area contributed by atoms with Crippen LogP contribution in [-0.2, 0) is 17.6 Å². The zero-order valence-corrected chi connectivity index (χ0v) is 19.3. The first-order valence-electron chi connectivity index (χ1n) is 10.1. The predicted octanol–water partition coefficient (Wildman–Crippen LogP) is 6.78. The fraction of sp³-hybridized carbons (Fsp3) is 0.192. The van der Waals surface area contributed by atoms with Crippen LogP contribution >= 0.6 is 23.2 Å². The van der Waals surface area contributed by atoms with E-state index in [9.17, 15) is 15.3 Å². The zero-order valence-electron chi connectivity index (χ0n) is 17.7. The van der Waals surface area contributed by atoms with Crippen molar-refractivity contribution in [1.82, 2.24) is 0 Å². The molecule has 1 amide bonds. The van der Waals surface area contributed by atoms with Gasteiger partial charge in [0.25, 0.3) is 0 Å². The van der Waals surface area contributed by atoms with Crippen LogP contribution in [0.3, 0.4) is 0 Å². The number of hydrogen-bond donors (Lipinski definition) is 1. The Morgan fingerprint density at radius 1 is 0.938 bits per heavy atom. The number of benzene rings is 3. The van der Waals surface area contributed by atoms with Gasteiger partial charge in [0.15, 0.2) is 0 Å². The number of hydrogen-bond acceptors (Lipinski definition) is 3. The lowest BCUT2D eigenvalue weighted by atomic mass is 9.94. The average Bonchev–Trinajstić information content (AvgIpc) is 2.74. The van der Waals surface area contributed by atoms with Gasteiger partial charge in [0, 0.05) is 11.3 Å². The van der Waals surface area contributed by atoms with Crippen molar-refractivity contribution in [3.63, 3.8) is 0 Å². The molecule has 0 radical (unpaired) electrons. The van der Waals surface area contributed by atoms with E-state index in [0.29, 0.717) is 43.9 Å². The number of nitrogens with zero attached hydrogens (tertiary/aromatic N) is 2. The lowest BCUT2D eigenvalue weighted by Gasteiger charge is -2.14. The van der Waals surface area contributed by atoms with E-state index in [1.165, 1.54) is 0 Å². The first kappa shape index (κ1) is 23.4. The summed E-state index contributed by atoms with van der Waals surface area (Å²) in [6.45, 7) is 4.21. The first-order chi connectivity index (χ1) is 15.3. The number of carbonyl (C=O) groups is 1. The van der Waals surface area contributed by atoms with Gasteiger partial charge in [-0.1, -0.05) is 67.4 Å². The minimum Gasteiger partial charge on any atom is -0.326 e. The molecule has 0 unspecified atom stereocenters. The molecule has 3 rings (SSSR count). The molecule has 0 aliphatic heterocycles. The van der Waals surface area contributed by atoms with Crippen LogP contribution in [0.1, 0.15) is 36.1 Å². The Bertz CT molecular complexity index is 1230. The molecule has 0 saturated carbocycles. The van der Waals surface area contributed by atoms with Crippen molar-refractivity contribution in [2.75, 3.05) is 5.32 Å². The van der Waals surface area contributed by atoms with Crippen molar-refractivity contribution in [3.05, 3.63) is 86.9 Å². The summed E-state index contributed by atoms with van der Waals surface area (Å²) in [6, 6.07) is 20.2. The molecule has 3 aromatic carbocycles. The minimum absolute atomic E-state index is 0.0591. The van der Waals surface area contributed by atoms with E-state index >= 15 is 0 Å². The molecular weight excluding hydrogens is 441 g/mol. The summed E-state index contributed by atoms with van der Waals surface area (Å²) in [6.07, 6.45) is 0.869. The molecular formula is C26H21Cl2N3O. The molecule has 0 spiro atoms. The first-order valence-corrected chi connectivity index (χ1v) is 10.9. The fourth-order valence-electron chi connectivity index (χ4n) is 3.54. The summed E-state index contributed by atoms with van der Waals surface area (Å²) in [5, 5.41) is 22.3. The maximum Gasteiger partial charge on any atom is 0.228 e. The van der Waals surface area contributed by atoms with Crippen LogP contribution < -0.4 is 5.32 Å². The van der Waals surface area contributed by atoms with Crippen LogP contribution in [0.4, 0.5) is 5.69 Å². The predicted molar refractivity (Wildman–Crippen MR) is 129 cm³/mol. The van der Waals surface area contributed by atoms with Gasteiger partial charge in [-0.05, 0) is 53.3 Å². The maximum atomic E-state index is 12.5. The standard InChI is InChI=1S/C26H21Cl2N3O/c1-16(2)9-18-7-8-19(10-21(18)15-30)26-23(27)12-22(13-24(26)28)31-25(32)11-17-5-3-4-6-20(17)14-29/h3-8,10,12-13,16H,9,11H2,1-2H3,(H,31,32). The minimum atomic E-state index is -0.280. The van der Waals surface area contributed by atoms with Crippen LogP contribution in [0, 0.1) is 28.6 Å². The lowest BCUT2D eigenvalue weighted by molar-refractivity contribution is -0.115. The van der Waals surface area contributed by atoms with Crippen molar-refractivity contribution in [3.8, 4) is 23.3 Å². The summed E-state index contributed by atoms with van der Waals surface area (Å²) in [5.74, 6) is 0.153. The van der Waals surface area contributed by atoms with Gasteiger partial charge in [0.1, 0.15) is 0 Å². The van der Waals surface area contributed by atoms with Crippen LogP contribution in [0.15, 0.2) is 54.6 Å². The molecule has 0 aliphatic rings. The van der Waals surface area contributed by atoms with Gasteiger partial charge in [-0.3, -0.25) is 4.79 Å². The molecule has 0 heterocycles. The van der Waals surface area contributed by atoms with Crippen molar-refractivity contribution in [2.24, 2.45) is 5.92 Å². The monoisotopic (exact) mass is 461 g/mol. The van der Waals surface area contributed by atoms with E-state index < -0.39 is 0 Å². The summed E-state index contributed by atoms with van der Waals surface area (Å²) in [4.78, 5) is 12.5. The molecule has 160 valence electrons. The molecule has 0 saturated heterocycles. The zero-order chi connectivity index (χ0) is 23.3. The van der Waals surface area contributed by atoms with Gasteiger partial charge >= 0.3 is 0 Å². The van der Waals surface area contributed by atoms with E-state index in [1.807, 2.05) is 12.1 Å². The summed E-state index contributed by atoms with van der Waals surface area (Å²) in [7, 11) is 0. The summed E-state index contributed by atoms with van der Waals surface area (Å²) < 4.78 is 0. The number of nitriles is 2. The van der Waals surface area contributed by atoms with E-state index in [4.69, 9.17) is 23.2 Å². The summed E-state index contributed by atoms with van der Waals surface area (Å²) >= 11 is 13.0. The maximum absolute atomic E-state index is 12.5. The quantitative estimate of drug-likeness (QED) is 0.439. The molecule has 0 atom stereocenters. The van der Waals surface area contributed by atoms with Crippen LogP contribution in [-0.4, -0.2) is 5.91 Å². The lowest BCUT2D eigenvalue weighted by Crippen LogP contribution is -2.15. The highest BCUT2D eigenvalue weighted by molar-refractivity contribution is 6.39. The Hall–Kier alpha value is -3.31. The molecule has 0 aromatic heterocycles. The SMILES string of the molecule is CC(C)Cc1ccc(-c2c(Cl)cc(NC(=O)Cc3ccccc3C#N)cc2Cl)cc1C#N. The van der Waals surface area contributed by atoms with Gasteiger partial charge in [-0.2, -0.15) is 10.5 Å². The molecule has 0 aliphatic carbocycles. The second kappa shape index (κ2) is 10.3. The molecule has 6 heteroatoms. The highest BCUT2D eigenvalue weighted by atomic mass is 35.5. The van der Waals surface area contributed by atoms with E-state index in [1.54, 1.807) is 42.5 Å².